The van der Waals surface area contributed by atoms with E-state index in [9.17, 15) is 10.1 Å². The summed E-state index contributed by atoms with van der Waals surface area (Å²) in [6.07, 6.45) is 0.736. The van der Waals surface area contributed by atoms with E-state index in [1.54, 1.807) is 18.2 Å². The van der Waals surface area contributed by atoms with Gasteiger partial charge >= 0.3 is 0 Å². The van der Waals surface area contributed by atoms with Crippen LogP contribution in [0, 0.1) is 17.2 Å². The summed E-state index contributed by atoms with van der Waals surface area (Å²) >= 11 is 11.8. The molecule has 1 aliphatic heterocycles. The second kappa shape index (κ2) is 5.92. The lowest BCUT2D eigenvalue weighted by Crippen LogP contribution is -2.21. The normalized spacial score (nSPS) is 23.9. The fourth-order valence-corrected chi connectivity index (χ4v) is 2.55. The van der Waals surface area contributed by atoms with Crippen LogP contribution in [0.4, 0.5) is 0 Å². The van der Waals surface area contributed by atoms with Gasteiger partial charge in [-0.05, 0) is 31.0 Å². The smallest absolute Gasteiger partial charge is 0.159 e. The van der Waals surface area contributed by atoms with Crippen molar-refractivity contribution in [2.45, 2.75) is 25.4 Å². The third-order valence-electron chi connectivity index (χ3n) is 3.29. The number of ether oxygens (including phenoxy) is 1. The minimum absolute atomic E-state index is 0.0714. The third kappa shape index (κ3) is 3.09. The minimum atomic E-state index is -0.811. The SMILES string of the molecule is CC1CC(C(=O)C(C#N)c2ccc(Cl)c(Cl)c2)CO1. The molecule has 3 atom stereocenters. The number of hydrogen-bond donors (Lipinski definition) is 0. The highest BCUT2D eigenvalue weighted by molar-refractivity contribution is 6.42. The molecule has 0 aliphatic carbocycles. The number of hydrogen-bond acceptors (Lipinski definition) is 3. The molecule has 1 saturated heterocycles. The number of ketones is 1. The van der Waals surface area contributed by atoms with E-state index in [1.807, 2.05) is 13.0 Å². The number of halogens is 2. The molecule has 0 saturated carbocycles. The summed E-state index contributed by atoms with van der Waals surface area (Å²) in [6, 6.07) is 6.90. The predicted molar refractivity (Wildman–Crippen MR) is 73.3 cm³/mol. The first-order chi connectivity index (χ1) is 9.02. The quantitative estimate of drug-likeness (QED) is 0.856. The van der Waals surface area contributed by atoms with Crippen molar-refractivity contribution in [3.05, 3.63) is 33.8 Å². The number of benzene rings is 1. The maximum absolute atomic E-state index is 12.3. The van der Waals surface area contributed by atoms with Crippen LogP contribution in [0.2, 0.25) is 10.0 Å². The van der Waals surface area contributed by atoms with Crippen LogP contribution in [-0.4, -0.2) is 18.5 Å². The number of Topliss-reactive ketones (excluding diaryl/α,β-unsaturated/α-hetero) is 1. The summed E-state index contributed by atoms with van der Waals surface area (Å²) in [5.74, 6) is -1.13. The summed E-state index contributed by atoms with van der Waals surface area (Å²) in [4.78, 5) is 12.3. The number of rotatable bonds is 3. The van der Waals surface area contributed by atoms with Gasteiger partial charge in [0.1, 0.15) is 5.92 Å². The van der Waals surface area contributed by atoms with Crippen molar-refractivity contribution in [1.29, 1.82) is 5.26 Å². The highest BCUT2D eigenvalue weighted by atomic mass is 35.5. The van der Waals surface area contributed by atoms with Crippen LogP contribution in [0.15, 0.2) is 18.2 Å². The van der Waals surface area contributed by atoms with Crippen LogP contribution in [0.3, 0.4) is 0 Å². The Kier molecular flexibility index (Phi) is 4.46. The highest BCUT2D eigenvalue weighted by Gasteiger charge is 2.33. The van der Waals surface area contributed by atoms with Crippen LogP contribution in [0.25, 0.3) is 0 Å². The Hall–Kier alpha value is -1.08. The molecule has 19 heavy (non-hydrogen) atoms. The zero-order chi connectivity index (χ0) is 14.0. The standard InChI is InChI=1S/C14H13Cl2NO2/c1-8-4-10(7-19-8)14(18)11(6-17)9-2-3-12(15)13(16)5-9/h2-3,5,8,10-11H,4,7H2,1H3. The number of carbonyl (C=O) groups is 1. The molecule has 0 N–H and O–H groups in total. The summed E-state index contributed by atoms with van der Waals surface area (Å²) in [5, 5.41) is 10.0. The topological polar surface area (TPSA) is 50.1 Å². The van der Waals surface area contributed by atoms with Crippen LogP contribution >= 0.6 is 23.2 Å². The molecule has 0 amide bonds. The Bertz CT molecular complexity index is 539. The lowest BCUT2D eigenvalue weighted by atomic mass is 9.87. The molecule has 1 aliphatic rings. The van der Waals surface area contributed by atoms with E-state index in [0.29, 0.717) is 28.6 Å². The molecule has 3 nitrogen and oxygen atoms in total. The molecule has 1 heterocycles. The van der Waals surface area contributed by atoms with Gasteiger partial charge in [-0.15, -0.1) is 0 Å². The van der Waals surface area contributed by atoms with Gasteiger partial charge in [-0.2, -0.15) is 5.26 Å². The molecule has 0 radical (unpaired) electrons. The van der Waals surface area contributed by atoms with Crippen molar-refractivity contribution in [2.75, 3.05) is 6.61 Å². The summed E-state index contributed by atoms with van der Waals surface area (Å²) < 4.78 is 5.38. The molecule has 5 heteroatoms. The number of carbonyl (C=O) groups excluding carboxylic acids is 1. The predicted octanol–water partition coefficient (Wildman–Crippen LogP) is 3.59. The molecule has 0 aromatic heterocycles. The van der Waals surface area contributed by atoms with Crippen LogP contribution in [0.1, 0.15) is 24.8 Å². The highest BCUT2D eigenvalue weighted by Crippen LogP contribution is 2.30. The van der Waals surface area contributed by atoms with Gasteiger partial charge in [0, 0.05) is 5.92 Å². The minimum Gasteiger partial charge on any atom is -0.378 e. The Morgan fingerprint density at radius 1 is 1.47 bits per heavy atom. The Balaban J connectivity index is 2.22. The van der Waals surface area contributed by atoms with E-state index in [2.05, 4.69) is 0 Å². The molecule has 1 aromatic carbocycles. The first kappa shape index (κ1) is 14.3. The third-order valence-corrected chi connectivity index (χ3v) is 4.03. The maximum Gasteiger partial charge on any atom is 0.159 e. The van der Waals surface area contributed by atoms with Gasteiger partial charge in [0.2, 0.25) is 0 Å². The molecule has 2 rings (SSSR count). The monoisotopic (exact) mass is 297 g/mol. The molecule has 3 unspecified atom stereocenters. The van der Waals surface area contributed by atoms with E-state index in [0.717, 1.165) is 0 Å². The molecule has 0 spiro atoms. The van der Waals surface area contributed by atoms with Crippen molar-refractivity contribution < 1.29 is 9.53 Å². The van der Waals surface area contributed by atoms with Gasteiger partial charge in [0.25, 0.3) is 0 Å². The van der Waals surface area contributed by atoms with Crippen molar-refractivity contribution in [3.63, 3.8) is 0 Å². The Labute approximate surface area is 122 Å². The Morgan fingerprint density at radius 2 is 2.21 bits per heavy atom. The number of nitrogens with zero attached hydrogens (tertiary/aromatic N) is 1. The van der Waals surface area contributed by atoms with Gasteiger partial charge in [-0.1, -0.05) is 29.3 Å². The maximum atomic E-state index is 12.3. The fraction of sp³-hybridized carbons (Fsp3) is 0.429. The fourth-order valence-electron chi connectivity index (χ4n) is 2.25. The lowest BCUT2D eigenvalue weighted by Gasteiger charge is -2.13. The molecule has 1 fully saturated rings. The lowest BCUT2D eigenvalue weighted by molar-refractivity contribution is -0.123. The largest absolute Gasteiger partial charge is 0.378 e. The zero-order valence-corrected chi connectivity index (χ0v) is 11.9. The van der Waals surface area contributed by atoms with Gasteiger partial charge in [0.15, 0.2) is 5.78 Å². The van der Waals surface area contributed by atoms with Crippen molar-refractivity contribution in [3.8, 4) is 6.07 Å². The van der Waals surface area contributed by atoms with E-state index in [-0.39, 0.29) is 17.8 Å². The Morgan fingerprint density at radius 3 is 2.74 bits per heavy atom. The first-order valence-corrected chi connectivity index (χ1v) is 6.78. The molecule has 0 bridgehead atoms. The van der Waals surface area contributed by atoms with E-state index in [1.165, 1.54) is 0 Å². The van der Waals surface area contributed by atoms with Crippen molar-refractivity contribution in [2.24, 2.45) is 5.92 Å². The van der Waals surface area contributed by atoms with E-state index in [4.69, 9.17) is 27.9 Å². The average molecular weight is 298 g/mol. The summed E-state index contributed by atoms with van der Waals surface area (Å²) in [6.45, 7) is 2.31. The van der Waals surface area contributed by atoms with Gasteiger partial charge in [-0.25, -0.2) is 0 Å². The average Bonchev–Trinajstić information content (AvgIpc) is 2.81. The van der Waals surface area contributed by atoms with Crippen LogP contribution < -0.4 is 0 Å². The zero-order valence-electron chi connectivity index (χ0n) is 10.4. The molecular formula is C14H13Cl2NO2. The van der Waals surface area contributed by atoms with Gasteiger partial charge in [-0.3, -0.25) is 4.79 Å². The van der Waals surface area contributed by atoms with E-state index >= 15 is 0 Å². The summed E-state index contributed by atoms with van der Waals surface area (Å²) in [7, 11) is 0. The van der Waals surface area contributed by atoms with Crippen LogP contribution in [0.5, 0.6) is 0 Å². The summed E-state index contributed by atoms with van der Waals surface area (Å²) in [5.41, 5.74) is 0.585. The van der Waals surface area contributed by atoms with Gasteiger partial charge < -0.3 is 4.74 Å². The first-order valence-electron chi connectivity index (χ1n) is 6.02. The molecule has 100 valence electrons. The van der Waals surface area contributed by atoms with Crippen molar-refractivity contribution >= 4 is 29.0 Å². The van der Waals surface area contributed by atoms with Gasteiger partial charge in [0.05, 0.1) is 28.8 Å². The molecular weight excluding hydrogens is 285 g/mol. The van der Waals surface area contributed by atoms with Crippen molar-refractivity contribution in [1.82, 2.24) is 0 Å². The number of nitriles is 1. The molecule has 1 aromatic rings. The van der Waals surface area contributed by atoms with E-state index < -0.39 is 5.92 Å². The van der Waals surface area contributed by atoms with Crippen LogP contribution in [-0.2, 0) is 9.53 Å². The second-order valence-electron chi connectivity index (χ2n) is 4.71. The second-order valence-corrected chi connectivity index (χ2v) is 5.53.